The third-order valence-electron chi connectivity index (χ3n) is 6.65. The maximum absolute atomic E-state index is 12.7. The van der Waals surface area contributed by atoms with Gasteiger partial charge in [0.15, 0.2) is 6.10 Å². The summed E-state index contributed by atoms with van der Waals surface area (Å²) in [5.41, 5.74) is 2.63. The maximum atomic E-state index is 12.7. The van der Waals surface area contributed by atoms with Gasteiger partial charge in [0, 0.05) is 6.42 Å². The van der Waals surface area contributed by atoms with Gasteiger partial charge in [0.1, 0.15) is 11.5 Å². The highest BCUT2D eigenvalue weighted by Gasteiger charge is 2.18. The fraction of sp³-hybridized carbons (Fsp3) is 0.361. The van der Waals surface area contributed by atoms with Crippen LogP contribution in [-0.4, -0.2) is 30.4 Å². The fourth-order valence-corrected chi connectivity index (χ4v) is 4.06. The molecule has 0 aliphatic rings. The molecule has 0 saturated heterocycles. The zero-order valence-corrected chi connectivity index (χ0v) is 24.8. The van der Waals surface area contributed by atoms with Crippen LogP contribution in [0.15, 0.2) is 72.8 Å². The molecular weight excluding hydrogens is 528 g/mol. The SMILES string of the molecule is CCCCC#CC(=O)C(C)OC(=O)c1ccc(OC(=O)c2ccc(-c3ccc(OCCCCCCC)cc3)cc2)cc1. The minimum atomic E-state index is -0.969. The minimum Gasteiger partial charge on any atom is -0.494 e. The van der Waals surface area contributed by atoms with Gasteiger partial charge in [-0.05, 0) is 85.3 Å². The van der Waals surface area contributed by atoms with Crippen molar-refractivity contribution < 1.29 is 28.6 Å². The molecule has 0 aromatic heterocycles. The summed E-state index contributed by atoms with van der Waals surface area (Å²) in [5.74, 6) is 4.85. The molecule has 0 heterocycles. The van der Waals surface area contributed by atoms with Gasteiger partial charge in [0.2, 0.25) is 5.78 Å². The van der Waals surface area contributed by atoms with Crippen molar-refractivity contribution in [1.82, 2.24) is 0 Å². The Balaban J connectivity index is 1.48. The summed E-state index contributed by atoms with van der Waals surface area (Å²) in [4.78, 5) is 37.1. The first-order chi connectivity index (χ1) is 20.4. The Morgan fingerprint density at radius 1 is 0.667 bits per heavy atom. The smallest absolute Gasteiger partial charge is 0.343 e. The van der Waals surface area contributed by atoms with Crippen LogP contribution in [-0.2, 0) is 9.53 Å². The largest absolute Gasteiger partial charge is 0.494 e. The lowest BCUT2D eigenvalue weighted by Gasteiger charge is -2.10. The Hall–Kier alpha value is -4.37. The fourth-order valence-electron chi connectivity index (χ4n) is 4.06. The number of esters is 2. The van der Waals surface area contributed by atoms with E-state index in [2.05, 4.69) is 18.8 Å². The second-order valence-corrected chi connectivity index (χ2v) is 10.1. The molecule has 3 aromatic carbocycles. The lowest BCUT2D eigenvalue weighted by Crippen LogP contribution is -2.23. The lowest BCUT2D eigenvalue weighted by molar-refractivity contribution is -0.121. The topological polar surface area (TPSA) is 78.9 Å². The predicted molar refractivity (Wildman–Crippen MR) is 165 cm³/mol. The molecule has 3 rings (SSSR count). The van der Waals surface area contributed by atoms with E-state index in [9.17, 15) is 14.4 Å². The van der Waals surface area contributed by atoms with Gasteiger partial charge in [0.25, 0.3) is 0 Å². The molecule has 1 atom stereocenters. The molecule has 0 N–H and O–H groups in total. The van der Waals surface area contributed by atoms with Gasteiger partial charge in [-0.1, -0.05) is 76.1 Å². The molecule has 0 radical (unpaired) electrons. The molecule has 0 fully saturated rings. The maximum Gasteiger partial charge on any atom is 0.343 e. The van der Waals surface area contributed by atoms with Crippen molar-refractivity contribution in [2.75, 3.05) is 6.61 Å². The van der Waals surface area contributed by atoms with Gasteiger partial charge >= 0.3 is 11.9 Å². The van der Waals surface area contributed by atoms with E-state index in [4.69, 9.17) is 14.2 Å². The third kappa shape index (κ3) is 10.6. The van der Waals surface area contributed by atoms with Gasteiger partial charge in [-0.25, -0.2) is 9.59 Å². The minimum absolute atomic E-state index is 0.237. The summed E-state index contributed by atoms with van der Waals surface area (Å²) in [5, 5.41) is 0. The van der Waals surface area contributed by atoms with E-state index in [0.717, 1.165) is 42.7 Å². The Kier molecular flexibility index (Phi) is 13.4. The summed E-state index contributed by atoms with van der Waals surface area (Å²) in [7, 11) is 0. The molecule has 220 valence electrons. The summed E-state index contributed by atoms with van der Waals surface area (Å²) in [6, 6.07) is 21.1. The number of carbonyl (C=O) groups excluding carboxylic acids is 3. The molecule has 0 saturated carbocycles. The van der Waals surface area contributed by atoms with Crippen molar-refractivity contribution in [2.24, 2.45) is 0 Å². The van der Waals surface area contributed by atoms with Gasteiger partial charge in [0.05, 0.1) is 17.7 Å². The van der Waals surface area contributed by atoms with Gasteiger partial charge in [-0.15, -0.1) is 0 Å². The van der Waals surface area contributed by atoms with Crippen LogP contribution in [0.1, 0.15) is 92.9 Å². The van der Waals surface area contributed by atoms with E-state index >= 15 is 0 Å². The summed E-state index contributed by atoms with van der Waals surface area (Å²) in [6.07, 6.45) is 7.60. The molecule has 6 nitrogen and oxygen atoms in total. The summed E-state index contributed by atoms with van der Waals surface area (Å²) in [6.45, 7) is 6.48. The number of Topliss-reactive ketones (excluding diaryl/α,β-unsaturated/α-hetero) is 1. The van der Waals surface area contributed by atoms with Gasteiger partial charge in [-0.3, -0.25) is 4.79 Å². The predicted octanol–water partition coefficient (Wildman–Crippen LogP) is 8.23. The Morgan fingerprint density at radius 3 is 1.86 bits per heavy atom. The Bertz CT molecular complexity index is 1350. The van der Waals surface area contributed by atoms with Crippen LogP contribution in [0.4, 0.5) is 0 Å². The molecule has 3 aromatic rings. The number of hydrogen-bond donors (Lipinski definition) is 0. The van der Waals surface area contributed by atoms with Gasteiger partial charge in [-0.2, -0.15) is 0 Å². The highest BCUT2D eigenvalue weighted by molar-refractivity contribution is 6.01. The number of rotatable bonds is 15. The third-order valence-corrected chi connectivity index (χ3v) is 6.65. The first kappa shape index (κ1) is 32.1. The number of ether oxygens (including phenoxy) is 3. The van der Waals surface area contributed by atoms with Crippen molar-refractivity contribution in [3.8, 4) is 34.5 Å². The Morgan fingerprint density at radius 2 is 1.21 bits per heavy atom. The van der Waals surface area contributed by atoms with Crippen LogP contribution in [0.3, 0.4) is 0 Å². The molecule has 1 unspecified atom stereocenters. The van der Waals surface area contributed by atoms with Crippen molar-refractivity contribution in [3.05, 3.63) is 83.9 Å². The highest BCUT2D eigenvalue weighted by Crippen LogP contribution is 2.24. The zero-order valence-electron chi connectivity index (χ0n) is 24.8. The first-order valence-corrected chi connectivity index (χ1v) is 14.8. The molecular formula is C36H40O6. The first-order valence-electron chi connectivity index (χ1n) is 14.8. The van der Waals surface area contributed by atoms with Crippen molar-refractivity contribution >= 4 is 17.7 Å². The molecule has 6 heteroatoms. The van der Waals surface area contributed by atoms with Crippen LogP contribution in [0.2, 0.25) is 0 Å². The van der Waals surface area contributed by atoms with Crippen molar-refractivity contribution in [1.29, 1.82) is 0 Å². The standard InChI is InChI=1S/C36H40O6/c1-4-6-8-10-12-26-40-32-22-18-29(19-23-32)28-14-16-30(17-15-28)36(39)42-33-24-20-31(21-25-33)35(38)41-27(3)34(37)13-11-9-7-5-2/h14-25,27H,4-10,12,26H2,1-3H3. The molecule has 0 spiro atoms. The molecule has 0 aliphatic carbocycles. The van der Waals surface area contributed by atoms with Crippen LogP contribution >= 0.6 is 0 Å². The average Bonchev–Trinajstić information content (AvgIpc) is 3.01. The van der Waals surface area contributed by atoms with E-state index in [1.54, 1.807) is 12.1 Å². The van der Waals surface area contributed by atoms with E-state index in [-0.39, 0.29) is 11.3 Å². The van der Waals surface area contributed by atoms with Crippen molar-refractivity contribution in [3.63, 3.8) is 0 Å². The molecule has 0 amide bonds. The number of carbonyl (C=O) groups is 3. The number of unbranched alkanes of at least 4 members (excludes halogenated alkanes) is 6. The van der Waals surface area contributed by atoms with E-state index in [1.165, 1.54) is 56.9 Å². The number of hydrogen-bond acceptors (Lipinski definition) is 6. The zero-order chi connectivity index (χ0) is 30.2. The second kappa shape index (κ2) is 17.4. The summed E-state index contributed by atoms with van der Waals surface area (Å²) < 4.78 is 16.5. The lowest BCUT2D eigenvalue weighted by atomic mass is 10.0. The second-order valence-electron chi connectivity index (χ2n) is 10.1. The van der Waals surface area contributed by atoms with E-state index in [1.807, 2.05) is 43.3 Å². The molecule has 42 heavy (non-hydrogen) atoms. The van der Waals surface area contributed by atoms with Crippen LogP contribution in [0, 0.1) is 11.8 Å². The quantitative estimate of drug-likeness (QED) is 0.0604. The van der Waals surface area contributed by atoms with Gasteiger partial charge < -0.3 is 14.2 Å². The number of benzene rings is 3. The normalized spacial score (nSPS) is 11.1. The van der Waals surface area contributed by atoms with Crippen LogP contribution < -0.4 is 9.47 Å². The Labute approximate surface area is 249 Å². The molecule has 0 aliphatic heterocycles. The molecule has 0 bridgehead atoms. The van der Waals surface area contributed by atoms with Crippen LogP contribution in [0.25, 0.3) is 11.1 Å². The van der Waals surface area contributed by atoms with Crippen molar-refractivity contribution in [2.45, 2.75) is 78.2 Å². The monoisotopic (exact) mass is 568 g/mol. The highest BCUT2D eigenvalue weighted by atomic mass is 16.5. The average molecular weight is 569 g/mol. The number of ketones is 1. The van der Waals surface area contributed by atoms with E-state index in [0.29, 0.717) is 12.0 Å². The van der Waals surface area contributed by atoms with E-state index < -0.39 is 23.8 Å². The van der Waals surface area contributed by atoms with Crippen LogP contribution in [0.5, 0.6) is 11.5 Å². The summed E-state index contributed by atoms with van der Waals surface area (Å²) >= 11 is 0.